The van der Waals surface area contributed by atoms with Crippen molar-refractivity contribution in [2.24, 2.45) is 46.8 Å². The summed E-state index contributed by atoms with van der Waals surface area (Å²) in [7, 11) is 0.117. The lowest BCUT2D eigenvalue weighted by atomic mass is 9.45. The second-order valence-electron chi connectivity index (χ2n) is 15.1. The van der Waals surface area contributed by atoms with E-state index in [1.807, 2.05) is 14.1 Å². The molecule has 10 heteroatoms. The van der Waals surface area contributed by atoms with Crippen molar-refractivity contribution in [3.05, 3.63) is 0 Å². The standard InChI is InChI=1S/C31H56N2O7S.CH4/c1-20(7-10-28(37)32-13-5-14-33(3,4)15-6-16-41(38,39)40)23-8-9-24-29(23)27(36)19-25-30(24)26(35)18-21-17-22(34)11-12-31(21,25)2;/h20-27,29-30,34-36H,5-19H2,1-4H3,(H-,32,37,38,39,40);1H4/p+1/t20-,21+,22-,23-,24-,25+,26-,27+,29-,30+,31+;/m1./s1. The second kappa shape index (κ2) is 14.1. The molecule has 0 aromatic carbocycles. The molecule has 42 heavy (non-hydrogen) atoms. The highest BCUT2D eigenvalue weighted by molar-refractivity contribution is 7.85. The van der Waals surface area contributed by atoms with Crippen LogP contribution in [0.2, 0.25) is 0 Å². The van der Waals surface area contributed by atoms with E-state index in [9.17, 15) is 28.5 Å². The number of hydrogen-bond acceptors (Lipinski definition) is 6. The Morgan fingerprint density at radius 2 is 1.67 bits per heavy atom. The number of fused-ring (bicyclic) bond motifs is 5. The van der Waals surface area contributed by atoms with Gasteiger partial charge in [-0.05, 0) is 98.2 Å². The van der Waals surface area contributed by atoms with Crippen LogP contribution in [0.5, 0.6) is 0 Å². The first-order valence-corrected chi connectivity index (χ1v) is 17.8. The first-order valence-electron chi connectivity index (χ1n) is 16.2. The van der Waals surface area contributed by atoms with E-state index in [0.717, 1.165) is 64.3 Å². The highest BCUT2D eigenvalue weighted by Gasteiger charge is 2.61. The van der Waals surface area contributed by atoms with Crippen LogP contribution in [0.15, 0.2) is 0 Å². The van der Waals surface area contributed by atoms with Gasteiger partial charge in [0, 0.05) is 25.8 Å². The van der Waals surface area contributed by atoms with Gasteiger partial charge < -0.3 is 25.1 Å². The molecule has 0 heterocycles. The predicted molar refractivity (Wildman–Crippen MR) is 165 cm³/mol. The predicted octanol–water partition coefficient (Wildman–Crippen LogP) is 3.47. The van der Waals surface area contributed by atoms with Crippen LogP contribution in [0.4, 0.5) is 0 Å². The summed E-state index contributed by atoms with van der Waals surface area (Å²) >= 11 is 0. The van der Waals surface area contributed by atoms with Crippen LogP contribution in [0.3, 0.4) is 0 Å². The van der Waals surface area contributed by atoms with Gasteiger partial charge >= 0.3 is 0 Å². The summed E-state index contributed by atoms with van der Waals surface area (Å²) in [6.07, 6.45) is 7.68. The van der Waals surface area contributed by atoms with Crippen LogP contribution in [0, 0.1) is 46.8 Å². The van der Waals surface area contributed by atoms with Crippen molar-refractivity contribution in [1.82, 2.24) is 5.32 Å². The summed E-state index contributed by atoms with van der Waals surface area (Å²) < 4.78 is 31.4. The van der Waals surface area contributed by atoms with Crippen molar-refractivity contribution in [2.45, 2.75) is 110 Å². The summed E-state index contributed by atoms with van der Waals surface area (Å²) in [5.41, 5.74) is 0.0883. The molecule has 5 N–H and O–H groups in total. The maximum atomic E-state index is 12.6. The first-order chi connectivity index (χ1) is 19.1. The van der Waals surface area contributed by atoms with Gasteiger partial charge in [0.1, 0.15) is 0 Å². The maximum absolute atomic E-state index is 12.6. The number of carbonyl (C=O) groups excluding carboxylic acids is 1. The van der Waals surface area contributed by atoms with Crippen LogP contribution in [0.25, 0.3) is 0 Å². The fraction of sp³-hybridized carbons (Fsp3) is 0.969. The third kappa shape index (κ3) is 8.27. The van der Waals surface area contributed by atoms with E-state index >= 15 is 0 Å². The minimum absolute atomic E-state index is 0. The van der Waals surface area contributed by atoms with Crippen molar-refractivity contribution in [3.8, 4) is 0 Å². The fourth-order valence-corrected chi connectivity index (χ4v) is 10.3. The molecule has 0 aromatic heterocycles. The molecule has 4 rings (SSSR count). The molecule has 0 aliphatic heterocycles. The van der Waals surface area contributed by atoms with Gasteiger partial charge in [0.25, 0.3) is 10.1 Å². The van der Waals surface area contributed by atoms with E-state index < -0.39 is 10.1 Å². The lowest BCUT2D eigenvalue weighted by Gasteiger charge is -2.61. The normalized spacial score (nSPS) is 38.9. The quantitative estimate of drug-likeness (QED) is 0.128. The van der Waals surface area contributed by atoms with Crippen LogP contribution in [0.1, 0.15) is 91.9 Å². The summed E-state index contributed by atoms with van der Waals surface area (Å²) in [6, 6.07) is 0. The minimum Gasteiger partial charge on any atom is -0.393 e. The molecular weight excluding hydrogens is 556 g/mol. The van der Waals surface area contributed by atoms with Crippen molar-refractivity contribution in [3.63, 3.8) is 0 Å². The van der Waals surface area contributed by atoms with Gasteiger partial charge in [-0.1, -0.05) is 21.3 Å². The average molecular weight is 618 g/mol. The number of aliphatic hydroxyl groups is 3. The van der Waals surface area contributed by atoms with E-state index in [1.165, 1.54) is 0 Å². The minimum atomic E-state index is -3.93. The van der Waals surface area contributed by atoms with E-state index in [0.29, 0.717) is 60.0 Å². The second-order valence-corrected chi connectivity index (χ2v) is 16.7. The molecule has 4 aliphatic rings. The van der Waals surface area contributed by atoms with Crippen LogP contribution in [-0.2, 0) is 14.9 Å². The molecule has 1 amide bonds. The number of amides is 1. The average Bonchev–Trinajstić information content (AvgIpc) is 3.32. The lowest BCUT2D eigenvalue weighted by molar-refractivity contribution is -0.890. The molecular formula is C32H61N2O7S+. The third-order valence-electron chi connectivity index (χ3n) is 12.0. The van der Waals surface area contributed by atoms with Gasteiger partial charge in [-0.15, -0.1) is 0 Å². The summed E-state index contributed by atoms with van der Waals surface area (Å²) in [5.74, 6) is 1.93. The summed E-state index contributed by atoms with van der Waals surface area (Å²) in [5, 5.41) is 36.2. The van der Waals surface area contributed by atoms with Crippen LogP contribution < -0.4 is 5.32 Å². The van der Waals surface area contributed by atoms with Gasteiger partial charge in [0.2, 0.25) is 5.91 Å². The molecule has 0 saturated heterocycles. The Kier molecular flexibility index (Phi) is 12.0. The first kappa shape index (κ1) is 35.7. The summed E-state index contributed by atoms with van der Waals surface area (Å²) in [6.45, 7) is 6.61. The van der Waals surface area contributed by atoms with Gasteiger partial charge in [0.15, 0.2) is 0 Å². The number of hydrogen-bond donors (Lipinski definition) is 5. The lowest BCUT2D eigenvalue weighted by Crippen LogP contribution is -2.59. The molecule has 246 valence electrons. The van der Waals surface area contributed by atoms with E-state index in [-0.39, 0.29) is 54.6 Å². The molecule has 4 fully saturated rings. The zero-order chi connectivity index (χ0) is 30.2. The molecule has 11 atom stereocenters. The molecule has 0 spiro atoms. The Hall–Kier alpha value is -0.780. The highest BCUT2D eigenvalue weighted by Crippen LogP contribution is 2.64. The smallest absolute Gasteiger partial charge is 0.265 e. The van der Waals surface area contributed by atoms with Crippen molar-refractivity contribution in [2.75, 3.05) is 39.5 Å². The molecule has 9 nitrogen and oxygen atoms in total. The van der Waals surface area contributed by atoms with E-state index in [2.05, 4.69) is 19.2 Å². The van der Waals surface area contributed by atoms with Gasteiger partial charge in [-0.25, -0.2) is 0 Å². The number of quaternary nitrogens is 1. The molecule has 0 unspecified atom stereocenters. The van der Waals surface area contributed by atoms with Gasteiger partial charge in [0.05, 0.1) is 51.2 Å². The number of nitrogens with zero attached hydrogens (tertiary/aromatic N) is 1. The molecule has 4 aliphatic carbocycles. The third-order valence-corrected chi connectivity index (χ3v) is 12.8. The number of rotatable bonds is 12. The van der Waals surface area contributed by atoms with Crippen molar-refractivity contribution >= 4 is 16.0 Å². The van der Waals surface area contributed by atoms with Crippen molar-refractivity contribution < 1.29 is 37.6 Å². The zero-order valence-electron chi connectivity index (χ0n) is 25.7. The Balaban J connectivity index is 0.00000484. The monoisotopic (exact) mass is 617 g/mol. The highest BCUT2D eigenvalue weighted by atomic mass is 32.2. The number of aliphatic hydroxyl groups excluding tert-OH is 3. The Labute approximate surface area is 255 Å². The van der Waals surface area contributed by atoms with Gasteiger partial charge in [-0.3, -0.25) is 9.35 Å². The largest absolute Gasteiger partial charge is 0.393 e. The molecule has 4 saturated carbocycles. The zero-order valence-corrected chi connectivity index (χ0v) is 26.6. The van der Waals surface area contributed by atoms with Crippen LogP contribution in [-0.4, -0.2) is 96.5 Å². The Bertz CT molecular complexity index is 1010. The van der Waals surface area contributed by atoms with Crippen LogP contribution >= 0.6 is 0 Å². The van der Waals surface area contributed by atoms with E-state index in [1.54, 1.807) is 0 Å². The fourth-order valence-electron chi connectivity index (χ4n) is 9.79. The molecule has 0 radical (unpaired) electrons. The Morgan fingerprint density at radius 3 is 2.36 bits per heavy atom. The molecule has 0 aromatic rings. The SMILES string of the molecule is C.C[C@H](CCC(=O)NCCC[N+](C)(C)CCCS(=O)(=O)O)[C@H]1CC[C@@H]2[C@@H]1[C@@H](O)C[C@H]1[C@H]2[C@H](O)C[C@@H]2C[C@H](O)CC[C@@]21C. The Morgan fingerprint density at radius 1 is 1.00 bits per heavy atom. The number of nitrogens with one attached hydrogen (secondary N) is 1. The van der Waals surface area contributed by atoms with E-state index in [4.69, 9.17) is 4.55 Å². The topological polar surface area (TPSA) is 144 Å². The van der Waals surface area contributed by atoms with Crippen molar-refractivity contribution in [1.29, 1.82) is 0 Å². The van der Waals surface area contributed by atoms with Gasteiger partial charge in [-0.2, -0.15) is 8.42 Å². The summed E-state index contributed by atoms with van der Waals surface area (Å²) in [4.78, 5) is 12.6. The number of carbonyl (C=O) groups is 1. The molecule has 0 bridgehead atoms. The maximum Gasteiger partial charge on any atom is 0.265 e.